The van der Waals surface area contributed by atoms with Crippen molar-refractivity contribution in [2.75, 3.05) is 19.6 Å². The molecule has 0 saturated carbocycles. The van der Waals surface area contributed by atoms with Gasteiger partial charge in [0, 0.05) is 26.6 Å². The fourth-order valence-corrected chi connectivity index (χ4v) is 3.04. The van der Waals surface area contributed by atoms with Crippen LogP contribution in [0.25, 0.3) is 0 Å². The molecule has 1 unspecified atom stereocenters. The van der Waals surface area contributed by atoms with Crippen LogP contribution >= 0.6 is 0 Å². The van der Waals surface area contributed by atoms with E-state index in [1.165, 1.54) is 6.42 Å². The van der Waals surface area contributed by atoms with Crippen LogP contribution in [0.5, 0.6) is 0 Å². The maximum Gasteiger partial charge on any atom is 0.220 e. The largest absolute Gasteiger partial charge is 0.368 e. The van der Waals surface area contributed by atoms with Crippen molar-refractivity contribution in [2.24, 2.45) is 0 Å². The van der Waals surface area contributed by atoms with Crippen molar-refractivity contribution in [1.82, 2.24) is 9.80 Å². The van der Waals surface area contributed by atoms with E-state index in [9.17, 15) is 4.79 Å². The zero-order chi connectivity index (χ0) is 9.71. The van der Waals surface area contributed by atoms with Crippen molar-refractivity contribution < 1.29 is 9.53 Å². The van der Waals surface area contributed by atoms with E-state index in [-0.39, 0.29) is 24.3 Å². The molecule has 0 radical (unpaired) electrons. The summed E-state index contributed by atoms with van der Waals surface area (Å²) in [5.74, 6) is 0.194. The number of carbonyl (C=O) groups is 1. The van der Waals surface area contributed by atoms with Gasteiger partial charge in [-0.3, -0.25) is 9.69 Å². The molecule has 78 valence electrons. The van der Waals surface area contributed by atoms with Gasteiger partial charge >= 0.3 is 0 Å². The number of carbonyl (C=O) groups excluding carboxylic acids is 1. The van der Waals surface area contributed by atoms with Gasteiger partial charge in [-0.2, -0.15) is 0 Å². The van der Waals surface area contributed by atoms with Crippen molar-refractivity contribution in [3.63, 3.8) is 0 Å². The normalized spacial score (nSPS) is 45.4. The number of hydrogen-bond acceptors (Lipinski definition) is 3. The summed E-state index contributed by atoms with van der Waals surface area (Å²) in [5.41, 5.74) is 0. The number of hydrogen-bond donors (Lipinski definition) is 0. The molecule has 4 bridgehead atoms. The number of rotatable bonds is 0. The summed E-state index contributed by atoms with van der Waals surface area (Å²) in [7, 11) is 0. The Hall–Kier alpha value is -0.610. The van der Waals surface area contributed by atoms with E-state index in [2.05, 4.69) is 4.90 Å². The van der Waals surface area contributed by atoms with E-state index in [0.29, 0.717) is 0 Å². The molecule has 1 amide bonds. The lowest BCUT2D eigenvalue weighted by Gasteiger charge is -2.57. The molecular weight excluding hydrogens is 180 g/mol. The molecule has 0 aromatic heterocycles. The van der Waals surface area contributed by atoms with Gasteiger partial charge in [0.15, 0.2) is 0 Å². The molecule has 4 heterocycles. The van der Waals surface area contributed by atoms with Crippen LogP contribution in [0.2, 0.25) is 0 Å². The highest BCUT2D eigenvalue weighted by Crippen LogP contribution is 2.34. The van der Waals surface area contributed by atoms with E-state index in [0.717, 1.165) is 26.1 Å². The monoisotopic (exact) mass is 196 g/mol. The lowest BCUT2D eigenvalue weighted by atomic mass is 9.95. The molecule has 14 heavy (non-hydrogen) atoms. The summed E-state index contributed by atoms with van der Waals surface area (Å²) < 4.78 is 5.90. The van der Waals surface area contributed by atoms with Crippen molar-refractivity contribution in [2.45, 2.75) is 38.1 Å². The minimum atomic E-state index is 0.194. The van der Waals surface area contributed by atoms with E-state index in [4.69, 9.17) is 4.74 Å². The number of morpholine rings is 2. The summed E-state index contributed by atoms with van der Waals surface area (Å²) >= 11 is 0. The predicted octanol–water partition coefficient (Wildman–Crippen LogP) is 0.0378. The minimum Gasteiger partial charge on any atom is -0.368 e. The third kappa shape index (κ3) is 1.10. The van der Waals surface area contributed by atoms with Gasteiger partial charge in [-0.1, -0.05) is 0 Å². The van der Waals surface area contributed by atoms with E-state index in [1.807, 2.05) is 4.90 Å². The van der Waals surface area contributed by atoms with Crippen LogP contribution in [-0.2, 0) is 9.53 Å². The Labute approximate surface area is 83.8 Å². The topological polar surface area (TPSA) is 32.8 Å². The van der Waals surface area contributed by atoms with Gasteiger partial charge in [0.05, 0.1) is 12.2 Å². The molecule has 4 heteroatoms. The summed E-state index contributed by atoms with van der Waals surface area (Å²) in [4.78, 5) is 15.9. The van der Waals surface area contributed by atoms with Crippen LogP contribution < -0.4 is 0 Å². The lowest BCUT2D eigenvalue weighted by Crippen LogP contribution is -2.72. The second-order valence-corrected chi connectivity index (χ2v) is 4.52. The van der Waals surface area contributed by atoms with Gasteiger partial charge in [0.1, 0.15) is 6.17 Å². The first-order chi connectivity index (χ1) is 6.75. The van der Waals surface area contributed by atoms with E-state index >= 15 is 0 Å². The maximum atomic E-state index is 11.5. The highest BCUT2D eigenvalue weighted by atomic mass is 16.5. The third-order valence-corrected chi connectivity index (χ3v) is 3.57. The van der Waals surface area contributed by atoms with Gasteiger partial charge in [-0.15, -0.1) is 0 Å². The molecule has 4 atom stereocenters. The first-order valence-electron chi connectivity index (χ1n) is 5.42. The second-order valence-electron chi connectivity index (χ2n) is 4.52. The smallest absolute Gasteiger partial charge is 0.220 e. The molecule has 0 N–H and O–H groups in total. The lowest BCUT2D eigenvalue weighted by molar-refractivity contribution is -0.231. The fourth-order valence-electron chi connectivity index (χ4n) is 3.04. The molecule has 4 nitrogen and oxygen atoms in total. The van der Waals surface area contributed by atoms with Gasteiger partial charge in [0.25, 0.3) is 0 Å². The van der Waals surface area contributed by atoms with Crippen LogP contribution in [0.4, 0.5) is 0 Å². The molecule has 4 aliphatic heterocycles. The summed E-state index contributed by atoms with van der Waals surface area (Å²) in [5, 5.41) is 0. The van der Waals surface area contributed by atoms with Crippen LogP contribution in [0.1, 0.15) is 19.8 Å². The highest BCUT2D eigenvalue weighted by molar-refractivity contribution is 5.74. The molecule has 0 aromatic carbocycles. The molecule has 0 spiro atoms. The zero-order valence-electron chi connectivity index (χ0n) is 8.48. The standard InChI is InChI=1S/C10H16N2O2/c1-7(13)12-6-8-5-11-4-2-3-9(14-8)10(11)12/h8-10H,2-6H2,1H3/t8-,9+,10-/m1/s1. The van der Waals surface area contributed by atoms with Crippen LogP contribution in [0.15, 0.2) is 0 Å². The first kappa shape index (κ1) is 8.68. The molecule has 4 rings (SSSR count). The Morgan fingerprint density at radius 1 is 1.43 bits per heavy atom. The fraction of sp³-hybridized carbons (Fsp3) is 0.900. The Kier molecular flexibility index (Phi) is 1.82. The quantitative estimate of drug-likeness (QED) is 0.548. The average Bonchev–Trinajstić information content (AvgIpc) is 2.16. The van der Waals surface area contributed by atoms with Gasteiger partial charge in [-0.25, -0.2) is 0 Å². The minimum absolute atomic E-state index is 0.194. The van der Waals surface area contributed by atoms with Crippen LogP contribution in [0, 0.1) is 0 Å². The second kappa shape index (κ2) is 2.94. The molecule has 4 aliphatic rings. The summed E-state index contributed by atoms with van der Waals surface area (Å²) in [6.07, 6.45) is 3.10. The number of nitrogens with zero attached hydrogens (tertiary/aromatic N) is 2. The number of amides is 1. The highest BCUT2D eigenvalue weighted by Gasteiger charge is 2.48. The first-order valence-corrected chi connectivity index (χ1v) is 5.42. The predicted molar refractivity (Wildman–Crippen MR) is 50.6 cm³/mol. The van der Waals surface area contributed by atoms with Crippen molar-refractivity contribution in [3.05, 3.63) is 0 Å². The van der Waals surface area contributed by atoms with Gasteiger partial charge < -0.3 is 9.64 Å². The SMILES string of the molecule is CC(=O)N1C[C@H]2CN3CCC[C@H](O2)[C@H]31. The molecule has 4 saturated heterocycles. The Morgan fingerprint density at radius 3 is 3.00 bits per heavy atom. The Morgan fingerprint density at radius 2 is 2.29 bits per heavy atom. The Bertz CT molecular complexity index is 255. The van der Waals surface area contributed by atoms with Crippen LogP contribution in [0.3, 0.4) is 0 Å². The number of piperidine rings is 1. The van der Waals surface area contributed by atoms with Crippen LogP contribution in [-0.4, -0.2) is 53.7 Å². The van der Waals surface area contributed by atoms with E-state index in [1.54, 1.807) is 6.92 Å². The van der Waals surface area contributed by atoms with Gasteiger partial charge in [0.2, 0.25) is 5.91 Å². The van der Waals surface area contributed by atoms with Gasteiger partial charge in [-0.05, 0) is 12.8 Å². The third-order valence-electron chi connectivity index (χ3n) is 3.57. The number of ether oxygens (including phenoxy) is 1. The summed E-state index contributed by atoms with van der Waals surface area (Å²) in [6.45, 7) is 4.61. The number of fused-ring (bicyclic) bond motifs is 1. The van der Waals surface area contributed by atoms with Crippen molar-refractivity contribution in [3.8, 4) is 0 Å². The molecule has 4 fully saturated rings. The average molecular weight is 196 g/mol. The maximum absolute atomic E-state index is 11.5. The molecule has 0 aliphatic carbocycles. The zero-order valence-corrected chi connectivity index (χ0v) is 8.48. The summed E-state index contributed by atoms with van der Waals surface area (Å²) in [6, 6.07) is 0. The molecular formula is C10H16N2O2. The van der Waals surface area contributed by atoms with E-state index < -0.39 is 0 Å². The van der Waals surface area contributed by atoms with Crippen molar-refractivity contribution >= 4 is 5.91 Å². The van der Waals surface area contributed by atoms with Crippen molar-refractivity contribution in [1.29, 1.82) is 0 Å². The Balaban J connectivity index is 1.89. The molecule has 0 aromatic rings.